The van der Waals surface area contributed by atoms with Crippen molar-refractivity contribution < 1.29 is 18.3 Å². The normalized spacial score (nSPS) is 12.4. The number of thioether (sulfide) groups is 1. The van der Waals surface area contributed by atoms with E-state index in [9.17, 15) is 9.18 Å². The second-order valence-electron chi connectivity index (χ2n) is 7.25. The number of amides is 1. The summed E-state index contributed by atoms with van der Waals surface area (Å²) in [5.74, 6) is 1.16. The van der Waals surface area contributed by atoms with Crippen molar-refractivity contribution in [1.29, 1.82) is 0 Å². The molecule has 2 rings (SSSR count). The number of rotatable bonds is 8. The molecule has 0 saturated carbocycles. The summed E-state index contributed by atoms with van der Waals surface area (Å²) in [6, 6.07) is 5.77. The van der Waals surface area contributed by atoms with E-state index < -0.39 is 11.7 Å². The van der Waals surface area contributed by atoms with Crippen LogP contribution >= 0.6 is 11.8 Å². The number of unbranched alkanes of at least 4 members (excludes halogenated alkanes) is 1. The van der Waals surface area contributed by atoms with Crippen molar-refractivity contribution in [2.45, 2.75) is 57.5 Å². The van der Waals surface area contributed by atoms with Crippen LogP contribution in [0.3, 0.4) is 0 Å². The van der Waals surface area contributed by atoms with E-state index in [1.54, 1.807) is 20.8 Å². The first kappa shape index (κ1) is 21.3. The van der Waals surface area contributed by atoms with Gasteiger partial charge in [0, 0.05) is 23.6 Å². The maximum absolute atomic E-state index is 13.1. The summed E-state index contributed by atoms with van der Waals surface area (Å²) in [6.07, 6.45) is 2.94. The Morgan fingerprint density at radius 3 is 2.85 bits per heavy atom. The molecule has 1 N–H and O–H groups in total. The highest BCUT2D eigenvalue weighted by molar-refractivity contribution is 7.99. The third-order valence-electron chi connectivity index (χ3n) is 3.59. The van der Waals surface area contributed by atoms with E-state index >= 15 is 0 Å². The maximum atomic E-state index is 13.1. The van der Waals surface area contributed by atoms with Gasteiger partial charge in [-0.15, -0.1) is 11.8 Å². The van der Waals surface area contributed by atoms with Crippen LogP contribution in [0.15, 0.2) is 39.4 Å². The molecular weight excluding hydrogens is 367 g/mol. The van der Waals surface area contributed by atoms with Gasteiger partial charge in [0.2, 0.25) is 0 Å². The lowest BCUT2D eigenvalue weighted by atomic mass is 10.2. The quantitative estimate of drug-likeness (QED) is 0.587. The Morgan fingerprint density at radius 2 is 2.19 bits per heavy atom. The van der Waals surface area contributed by atoms with Gasteiger partial charge in [0.1, 0.15) is 11.1 Å². The molecule has 0 fully saturated rings. The highest BCUT2D eigenvalue weighted by Crippen LogP contribution is 2.26. The van der Waals surface area contributed by atoms with Gasteiger partial charge in [-0.25, -0.2) is 14.2 Å². The van der Waals surface area contributed by atoms with Crippen molar-refractivity contribution >= 4 is 29.0 Å². The number of ether oxygens (including phenoxy) is 1. The zero-order valence-electron chi connectivity index (χ0n) is 16.3. The van der Waals surface area contributed by atoms with Crippen LogP contribution in [-0.2, 0) is 11.2 Å². The van der Waals surface area contributed by atoms with E-state index in [2.05, 4.69) is 17.2 Å². The molecule has 0 atom stereocenters. The minimum atomic E-state index is -0.582. The second-order valence-corrected chi connectivity index (χ2v) is 8.30. The van der Waals surface area contributed by atoms with Crippen LogP contribution in [0.4, 0.5) is 9.18 Å². The smallest absolute Gasteiger partial charge is 0.407 e. The number of nitrogens with zero attached hydrogens (tertiary/aromatic N) is 1. The summed E-state index contributed by atoms with van der Waals surface area (Å²) < 4.78 is 24.1. The molecule has 0 spiro atoms. The molecule has 2 aromatic rings. The van der Waals surface area contributed by atoms with Crippen LogP contribution in [0, 0.1) is 0 Å². The van der Waals surface area contributed by atoms with Gasteiger partial charge in [-0.3, -0.25) is 0 Å². The molecule has 27 heavy (non-hydrogen) atoms. The Morgan fingerprint density at radius 1 is 1.41 bits per heavy atom. The zero-order valence-corrected chi connectivity index (χ0v) is 17.1. The molecule has 1 amide bonds. The van der Waals surface area contributed by atoms with Gasteiger partial charge in [0.15, 0.2) is 11.5 Å². The van der Waals surface area contributed by atoms with Crippen LogP contribution in [-0.4, -0.2) is 29.0 Å². The molecule has 7 heteroatoms. The lowest BCUT2D eigenvalue weighted by Crippen LogP contribution is -2.33. The van der Waals surface area contributed by atoms with Crippen LogP contribution in [0.2, 0.25) is 0 Å². The number of alkyl carbamates (subject to hydrolysis) is 1. The van der Waals surface area contributed by atoms with Crippen LogP contribution in [0.5, 0.6) is 0 Å². The highest BCUT2D eigenvalue weighted by Gasteiger charge is 2.16. The highest BCUT2D eigenvalue weighted by atomic mass is 32.2. The number of nitrogens with one attached hydrogen (secondary N) is 1. The Bertz CT molecular complexity index is 796. The number of hydrogen-bond donors (Lipinski definition) is 1. The second kappa shape index (κ2) is 9.78. The predicted octanol–water partition coefficient (Wildman–Crippen LogP) is 5.64. The van der Waals surface area contributed by atoms with Crippen LogP contribution in [0.25, 0.3) is 11.1 Å². The molecule has 0 radical (unpaired) electrons. The molecule has 0 saturated heterocycles. The average Bonchev–Trinajstić information content (AvgIpc) is 3.00. The number of benzene rings is 1. The Hall–Kier alpha value is -2.02. The first-order valence-corrected chi connectivity index (χ1v) is 10.1. The van der Waals surface area contributed by atoms with Crippen LogP contribution in [0.1, 0.15) is 46.4 Å². The summed E-state index contributed by atoms with van der Waals surface area (Å²) in [4.78, 5) is 17.1. The number of fused-ring (bicyclic) bond motifs is 1. The van der Waals surface area contributed by atoms with Gasteiger partial charge in [0.05, 0.1) is 6.33 Å². The standard InChI is InChI=1S/C20H27FN2O3S/c1-5-6-7-18-23-16-9-8-15(10-17(16)25-18)27-13-14(11-21)12-22-19(24)26-20(2,3)4/h8-11H,5-7,12-13H2,1-4H3,(H,22,24)/b14-11+. The molecule has 148 valence electrons. The van der Waals surface area contributed by atoms with Gasteiger partial charge in [-0.05, 0) is 51.0 Å². The topological polar surface area (TPSA) is 64.4 Å². The van der Waals surface area contributed by atoms with E-state index in [4.69, 9.17) is 9.15 Å². The minimum Gasteiger partial charge on any atom is -0.444 e. The molecule has 0 bridgehead atoms. The van der Waals surface area contributed by atoms with Crippen LogP contribution < -0.4 is 5.32 Å². The zero-order chi connectivity index (χ0) is 19.9. The fourth-order valence-electron chi connectivity index (χ4n) is 2.27. The summed E-state index contributed by atoms with van der Waals surface area (Å²) in [5.41, 5.74) is 1.45. The molecule has 0 aliphatic rings. The van der Waals surface area contributed by atoms with Crippen molar-refractivity contribution in [2.24, 2.45) is 0 Å². The lowest BCUT2D eigenvalue weighted by molar-refractivity contribution is 0.0532. The van der Waals surface area contributed by atoms with Crippen molar-refractivity contribution in [2.75, 3.05) is 12.3 Å². The number of aromatic nitrogens is 1. The Kier molecular flexibility index (Phi) is 7.71. The molecule has 0 aliphatic heterocycles. The third-order valence-corrected chi connectivity index (χ3v) is 4.69. The number of hydrogen-bond acceptors (Lipinski definition) is 5. The maximum Gasteiger partial charge on any atom is 0.407 e. The average molecular weight is 395 g/mol. The first-order valence-electron chi connectivity index (χ1n) is 9.08. The molecule has 1 heterocycles. The Labute approximate surface area is 163 Å². The van der Waals surface area contributed by atoms with Crippen molar-refractivity contribution in [3.8, 4) is 0 Å². The number of aryl methyl sites for hydroxylation is 1. The van der Waals surface area contributed by atoms with Gasteiger partial charge in [-0.2, -0.15) is 0 Å². The lowest BCUT2D eigenvalue weighted by Gasteiger charge is -2.19. The Balaban J connectivity index is 1.89. The summed E-state index contributed by atoms with van der Waals surface area (Å²) in [5, 5.41) is 2.57. The van der Waals surface area contributed by atoms with Gasteiger partial charge < -0.3 is 14.5 Å². The number of carbonyl (C=O) groups is 1. The summed E-state index contributed by atoms with van der Waals surface area (Å²) in [6.45, 7) is 7.57. The fourth-order valence-corrected chi connectivity index (χ4v) is 3.15. The van der Waals surface area contributed by atoms with Gasteiger partial charge >= 0.3 is 6.09 Å². The summed E-state index contributed by atoms with van der Waals surface area (Å²) in [7, 11) is 0. The van der Waals surface area contributed by atoms with Crippen molar-refractivity contribution in [3.05, 3.63) is 36.0 Å². The monoisotopic (exact) mass is 394 g/mol. The summed E-state index contributed by atoms with van der Waals surface area (Å²) >= 11 is 1.47. The number of carbonyl (C=O) groups excluding carboxylic acids is 1. The van der Waals surface area contributed by atoms with E-state index in [0.717, 1.165) is 41.1 Å². The minimum absolute atomic E-state index is 0.101. The molecule has 1 aromatic heterocycles. The molecule has 1 aromatic carbocycles. The van der Waals surface area contributed by atoms with E-state index in [0.29, 0.717) is 17.7 Å². The van der Waals surface area contributed by atoms with Crippen molar-refractivity contribution in [1.82, 2.24) is 10.3 Å². The molecular formula is C20H27FN2O3S. The van der Waals surface area contributed by atoms with E-state index in [1.807, 2.05) is 18.2 Å². The predicted molar refractivity (Wildman–Crippen MR) is 107 cm³/mol. The largest absolute Gasteiger partial charge is 0.444 e. The molecule has 0 unspecified atom stereocenters. The van der Waals surface area contributed by atoms with E-state index in [-0.39, 0.29) is 6.54 Å². The van der Waals surface area contributed by atoms with E-state index in [1.165, 1.54) is 11.8 Å². The fraction of sp³-hybridized carbons (Fsp3) is 0.500. The first-order chi connectivity index (χ1) is 12.8. The van der Waals surface area contributed by atoms with Gasteiger partial charge in [0.25, 0.3) is 0 Å². The van der Waals surface area contributed by atoms with Crippen molar-refractivity contribution in [3.63, 3.8) is 0 Å². The van der Waals surface area contributed by atoms with Gasteiger partial charge in [-0.1, -0.05) is 13.3 Å². The number of halogens is 1. The third kappa shape index (κ3) is 7.25. The molecule has 5 nitrogen and oxygen atoms in total. The molecule has 0 aliphatic carbocycles. The SMILES string of the molecule is CCCCc1nc2ccc(SC/C(=C/F)CNC(=O)OC(C)(C)C)cc2o1. The number of oxazole rings is 1.